The number of nitrogens with one attached hydrogen (secondary N) is 1. The first-order chi connectivity index (χ1) is 6.43. The zero-order valence-electron chi connectivity index (χ0n) is 9.59. The summed E-state index contributed by atoms with van der Waals surface area (Å²) in [6.07, 6.45) is 0.706. The molecule has 84 valence electrons. The van der Waals surface area contributed by atoms with E-state index in [-0.39, 0.29) is 17.6 Å². The van der Waals surface area contributed by atoms with E-state index in [0.29, 0.717) is 19.6 Å². The number of carbonyl (C=O) groups excluding carboxylic acids is 1. The molecule has 0 bridgehead atoms. The van der Waals surface area contributed by atoms with Crippen LogP contribution in [0, 0.1) is 0 Å². The van der Waals surface area contributed by atoms with E-state index in [2.05, 4.69) is 5.32 Å². The van der Waals surface area contributed by atoms with Gasteiger partial charge in [-0.15, -0.1) is 0 Å². The van der Waals surface area contributed by atoms with Crippen molar-refractivity contribution < 1.29 is 9.53 Å². The fourth-order valence-corrected chi connectivity index (χ4v) is 1.26. The summed E-state index contributed by atoms with van der Waals surface area (Å²) in [4.78, 5) is 10.9. The highest BCUT2D eigenvalue weighted by Gasteiger charge is 2.20. The van der Waals surface area contributed by atoms with Gasteiger partial charge in [-0.1, -0.05) is 6.92 Å². The molecule has 0 aromatic heterocycles. The predicted octanol–water partition coefficient (Wildman–Crippen LogP) is 0.655. The summed E-state index contributed by atoms with van der Waals surface area (Å²) in [5.41, 5.74) is 4.96. The van der Waals surface area contributed by atoms with Gasteiger partial charge in [-0.2, -0.15) is 0 Å². The van der Waals surface area contributed by atoms with Crippen LogP contribution in [-0.2, 0) is 9.53 Å². The molecule has 0 spiro atoms. The lowest BCUT2D eigenvalue weighted by Crippen LogP contribution is -2.47. The average molecular weight is 202 g/mol. The molecule has 0 aromatic rings. The van der Waals surface area contributed by atoms with Gasteiger partial charge in [0.05, 0.1) is 11.6 Å². The Kier molecular flexibility index (Phi) is 5.72. The Morgan fingerprint density at radius 2 is 2.07 bits per heavy atom. The van der Waals surface area contributed by atoms with Crippen LogP contribution < -0.4 is 11.1 Å². The Hall–Kier alpha value is -0.610. The van der Waals surface area contributed by atoms with Gasteiger partial charge in [0.25, 0.3) is 0 Å². The molecule has 0 fully saturated rings. The van der Waals surface area contributed by atoms with Crippen molar-refractivity contribution >= 4 is 5.91 Å². The SMILES string of the molecule is CCOC(C)(C)CNC(CC)C(N)=O. The van der Waals surface area contributed by atoms with Crippen LogP contribution in [0.5, 0.6) is 0 Å². The molecule has 0 aliphatic rings. The summed E-state index contributed by atoms with van der Waals surface area (Å²) >= 11 is 0. The number of ether oxygens (including phenoxy) is 1. The Morgan fingerprint density at radius 3 is 2.43 bits per heavy atom. The molecule has 1 atom stereocenters. The first-order valence-electron chi connectivity index (χ1n) is 5.09. The van der Waals surface area contributed by atoms with Crippen molar-refractivity contribution in [1.82, 2.24) is 5.32 Å². The highest BCUT2D eigenvalue weighted by molar-refractivity contribution is 5.79. The average Bonchev–Trinajstić information content (AvgIpc) is 2.04. The second kappa shape index (κ2) is 5.98. The Morgan fingerprint density at radius 1 is 1.50 bits per heavy atom. The summed E-state index contributed by atoms with van der Waals surface area (Å²) in [7, 11) is 0. The highest BCUT2D eigenvalue weighted by Crippen LogP contribution is 2.07. The zero-order valence-corrected chi connectivity index (χ0v) is 9.59. The molecule has 0 aliphatic heterocycles. The number of amides is 1. The third-order valence-electron chi connectivity index (χ3n) is 2.06. The molecular weight excluding hydrogens is 180 g/mol. The van der Waals surface area contributed by atoms with E-state index in [1.165, 1.54) is 0 Å². The minimum Gasteiger partial charge on any atom is -0.375 e. The van der Waals surface area contributed by atoms with Crippen LogP contribution >= 0.6 is 0 Å². The first-order valence-corrected chi connectivity index (χ1v) is 5.09. The lowest BCUT2D eigenvalue weighted by molar-refractivity contribution is -0.120. The lowest BCUT2D eigenvalue weighted by atomic mass is 10.1. The van der Waals surface area contributed by atoms with E-state index in [9.17, 15) is 4.79 Å². The van der Waals surface area contributed by atoms with E-state index >= 15 is 0 Å². The Bertz CT molecular complexity index is 181. The molecule has 0 aromatic carbocycles. The number of hydrogen-bond acceptors (Lipinski definition) is 3. The monoisotopic (exact) mass is 202 g/mol. The molecule has 4 heteroatoms. The quantitative estimate of drug-likeness (QED) is 0.637. The van der Waals surface area contributed by atoms with Crippen molar-refractivity contribution in [1.29, 1.82) is 0 Å². The van der Waals surface area contributed by atoms with Crippen LogP contribution in [-0.4, -0.2) is 30.7 Å². The normalized spacial score (nSPS) is 14.0. The van der Waals surface area contributed by atoms with Crippen LogP contribution in [0.1, 0.15) is 34.1 Å². The molecule has 0 saturated carbocycles. The fraction of sp³-hybridized carbons (Fsp3) is 0.900. The smallest absolute Gasteiger partial charge is 0.234 e. The van der Waals surface area contributed by atoms with Crippen molar-refractivity contribution in [2.75, 3.05) is 13.2 Å². The van der Waals surface area contributed by atoms with Crippen molar-refractivity contribution in [3.63, 3.8) is 0 Å². The van der Waals surface area contributed by atoms with Gasteiger partial charge >= 0.3 is 0 Å². The van der Waals surface area contributed by atoms with Crippen LogP contribution in [0.3, 0.4) is 0 Å². The van der Waals surface area contributed by atoms with Crippen molar-refractivity contribution in [3.8, 4) is 0 Å². The second-order valence-corrected chi connectivity index (χ2v) is 3.94. The molecule has 0 radical (unpaired) electrons. The van der Waals surface area contributed by atoms with Crippen LogP contribution in [0.2, 0.25) is 0 Å². The maximum atomic E-state index is 10.9. The molecule has 4 nitrogen and oxygen atoms in total. The molecule has 1 unspecified atom stereocenters. The van der Waals surface area contributed by atoms with Crippen LogP contribution in [0.15, 0.2) is 0 Å². The number of rotatable bonds is 7. The fourth-order valence-electron chi connectivity index (χ4n) is 1.26. The van der Waals surface area contributed by atoms with Crippen molar-refractivity contribution in [3.05, 3.63) is 0 Å². The predicted molar refractivity (Wildman–Crippen MR) is 57.0 cm³/mol. The number of carbonyl (C=O) groups is 1. The maximum Gasteiger partial charge on any atom is 0.234 e. The molecule has 0 rings (SSSR count). The van der Waals surface area contributed by atoms with Gasteiger partial charge in [0.1, 0.15) is 0 Å². The summed E-state index contributed by atoms with van der Waals surface area (Å²) in [5.74, 6) is -0.306. The van der Waals surface area contributed by atoms with E-state index in [1.54, 1.807) is 0 Å². The lowest BCUT2D eigenvalue weighted by Gasteiger charge is -2.27. The summed E-state index contributed by atoms with van der Waals surface area (Å²) < 4.78 is 5.49. The van der Waals surface area contributed by atoms with Gasteiger partial charge in [-0.25, -0.2) is 0 Å². The largest absolute Gasteiger partial charge is 0.375 e. The first kappa shape index (κ1) is 13.4. The van der Waals surface area contributed by atoms with Crippen LogP contribution in [0.25, 0.3) is 0 Å². The van der Waals surface area contributed by atoms with E-state index in [4.69, 9.17) is 10.5 Å². The summed E-state index contributed by atoms with van der Waals surface area (Å²) in [5, 5.41) is 3.09. The number of nitrogens with two attached hydrogens (primary N) is 1. The van der Waals surface area contributed by atoms with Gasteiger partial charge < -0.3 is 15.8 Å². The minimum atomic E-state index is -0.306. The number of hydrogen-bond donors (Lipinski definition) is 2. The standard InChI is InChI=1S/C10H22N2O2/c1-5-8(9(11)13)12-7-10(3,4)14-6-2/h8,12H,5-7H2,1-4H3,(H2,11,13). The van der Waals surface area contributed by atoms with Gasteiger partial charge in [0.15, 0.2) is 0 Å². The molecule has 1 amide bonds. The third kappa shape index (κ3) is 5.19. The van der Waals surface area contributed by atoms with Gasteiger partial charge in [0, 0.05) is 13.2 Å². The van der Waals surface area contributed by atoms with E-state index in [0.717, 1.165) is 0 Å². The van der Waals surface area contributed by atoms with Gasteiger partial charge in [0.2, 0.25) is 5.91 Å². The molecule has 0 saturated heterocycles. The Balaban J connectivity index is 3.95. The van der Waals surface area contributed by atoms with E-state index < -0.39 is 0 Å². The third-order valence-corrected chi connectivity index (χ3v) is 2.06. The minimum absolute atomic E-state index is 0.252. The molecule has 14 heavy (non-hydrogen) atoms. The molecule has 0 aliphatic carbocycles. The number of primary amides is 1. The molecule has 0 heterocycles. The Labute approximate surface area is 86.2 Å². The zero-order chi connectivity index (χ0) is 11.2. The maximum absolute atomic E-state index is 10.9. The van der Waals surface area contributed by atoms with Crippen molar-refractivity contribution in [2.45, 2.75) is 45.8 Å². The molecule has 3 N–H and O–H groups in total. The van der Waals surface area contributed by atoms with Crippen LogP contribution in [0.4, 0.5) is 0 Å². The molecular formula is C10H22N2O2. The van der Waals surface area contributed by atoms with Gasteiger partial charge in [-0.3, -0.25) is 4.79 Å². The van der Waals surface area contributed by atoms with Crippen molar-refractivity contribution in [2.24, 2.45) is 5.73 Å². The van der Waals surface area contributed by atoms with Gasteiger partial charge in [-0.05, 0) is 27.2 Å². The summed E-state index contributed by atoms with van der Waals surface area (Å²) in [6, 6.07) is -0.255. The highest BCUT2D eigenvalue weighted by atomic mass is 16.5. The van der Waals surface area contributed by atoms with E-state index in [1.807, 2.05) is 27.7 Å². The summed E-state index contributed by atoms with van der Waals surface area (Å²) in [6.45, 7) is 9.14. The topological polar surface area (TPSA) is 64.3 Å². The second-order valence-electron chi connectivity index (χ2n) is 3.94.